The summed E-state index contributed by atoms with van der Waals surface area (Å²) in [6.07, 6.45) is 3.44. The van der Waals surface area contributed by atoms with Crippen molar-refractivity contribution in [3.05, 3.63) is 40.2 Å². The predicted octanol–water partition coefficient (Wildman–Crippen LogP) is 1.45. The van der Waals surface area contributed by atoms with Crippen molar-refractivity contribution >= 4 is 16.8 Å². The van der Waals surface area contributed by atoms with E-state index in [0.29, 0.717) is 23.2 Å². The highest BCUT2D eigenvalue weighted by molar-refractivity contribution is 5.97. The van der Waals surface area contributed by atoms with E-state index in [4.69, 9.17) is 9.47 Å². The van der Waals surface area contributed by atoms with Crippen molar-refractivity contribution in [1.82, 2.24) is 10.3 Å². The van der Waals surface area contributed by atoms with Gasteiger partial charge >= 0.3 is 0 Å². The van der Waals surface area contributed by atoms with Crippen molar-refractivity contribution in [2.45, 2.75) is 18.9 Å². The van der Waals surface area contributed by atoms with E-state index in [1.807, 2.05) is 0 Å². The van der Waals surface area contributed by atoms with Gasteiger partial charge in [0.15, 0.2) is 0 Å². The molecule has 0 saturated carbocycles. The van der Waals surface area contributed by atoms with Gasteiger partial charge < -0.3 is 19.8 Å². The summed E-state index contributed by atoms with van der Waals surface area (Å²) in [6, 6.07) is 5.08. The molecule has 1 aliphatic heterocycles. The Labute approximate surface area is 127 Å². The molecule has 1 amide bonds. The Morgan fingerprint density at radius 2 is 2.36 bits per heavy atom. The van der Waals surface area contributed by atoms with Crippen LogP contribution in [-0.2, 0) is 4.74 Å². The summed E-state index contributed by atoms with van der Waals surface area (Å²) in [7, 11) is 1.56. The number of aromatic nitrogens is 1. The SMILES string of the molecule is COc1ccc2c(=O)c(C(=O)NC[C@H]3CCCO3)c[nH]c2c1. The molecule has 1 atom stereocenters. The van der Waals surface area contributed by atoms with Crippen LogP contribution in [0.15, 0.2) is 29.2 Å². The Hall–Kier alpha value is -2.34. The number of hydrogen-bond acceptors (Lipinski definition) is 4. The maximum atomic E-state index is 12.4. The van der Waals surface area contributed by atoms with Crippen LogP contribution >= 0.6 is 0 Å². The van der Waals surface area contributed by atoms with Crippen LogP contribution in [-0.4, -0.2) is 37.3 Å². The molecule has 116 valence electrons. The van der Waals surface area contributed by atoms with Gasteiger partial charge in [0.2, 0.25) is 5.43 Å². The lowest BCUT2D eigenvalue weighted by atomic mass is 10.1. The van der Waals surface area contributed by atoms with Crippen molar-refractivity contribution in [2.24, 2.45) is 0 Å². The van der Waals surface area contributed by atoms with Gasteiger partial charge in [-0.2, -0.15) is 0 Å². The number of ether oxygens (including phenoxy) is 2. The number of rotatable bonds is 4. The number of amides is 1. The van der Waals surface area contributed by atoms with Crippen molar-refractivity contribution < 1.29 is 14.3 Å². The minimum Gasteiger partial charge on any atom is -0.497 e. The lowest BCUT2D eigenvalue weighted by Crippen LogP contribution is -2.34. The van der Waals surface area contributed by atoms with Gasteiger partial charge in [-0.3, -0.25) is 9.59 Å². The lowest BCUT2D eigenvalue weighted by Gasteiger charge is -2.11. The van der Waals surface area contributed by atoms with Gasteiger partial charge in [-0.1, -0.05) is 0 Å². The molecule has 0 bridgehead atoms. The van der Waals surface area contributed by atoms with E-state index < -0.39 is 0 Å². The van der Waals surface area contributed by atoms with Gasteiger partial charge in [-0.15, -0.1) is 0 Å². The Kier molecular flexibility index (Phi) is 4.11. The number of pyridine rings is 1. The second-order valence-electron chi connectivity index (χ2n) is 5.29. The summed E-state index contributed by atoms with van der Waals surface area (Å²) in [6.45, 7) is 1.16. The Morgan fingerprint density at radius 3 is 3.09 bits per heavy atom. The third-order valence-corrected chi connectivity index (χ3v) is 3.85. The molecule has 0 unspecified atom stereocenters. The average molecular weight is 302 g/mol. The zero-order valence-electron chi connectivity index (χ0n) is 12.3. The molecule has 1 aromatic heterocycles. The highest BCUT2D eigenvalue weighted by Gasteiger charge is 2.18. The fourth-order valence-corrected chi connectivity index (χ4v) is 2.60. The van der Waals surface area contributed by atoms with Crippen LogP contribution in [0.5, 0.6) is 5.75 Å². The predicted molar refractivity (Wildman–Crippen MR) is 82.4 cm³/mol. The van der Waals surface area contributed by atoms with Gasteiger partial charge in [0.25, 0.3) is 5.91 Å². The number of fused-ring (bicyclic) bond motifs is 1. The summed E-state index contributed by atoms with van der Waals surface area (Å²) < 4.78 is 10.6. The molecule has 2 heterocycles. The molecule has 22 heavy (non-hydrogen) atoms. The molecule has 6 heteroatoms. The number of hydrogen-bond donors (Lipinski definition) is 2. The van der Waals surface area contributed by atoms with E-state index in [0.717, 1.165) is 19.4 Å². The number of carbonyl (C=O) groups is 1. The molecule has 0 spiro atoms. The first-order valence-corrected chi connectivity index (χ1v) is 7.28. The van der Waals surface area contributed by atoms with E-state index in [2.05, 4.69) is 10.3 Å². The normalized spacial score (nSPS) is 17.6. The van der Waals surface area contributed by atoms with Crippen LogP contribution in [0.4, 0.5) is 0 Å². The lowest BCUT2D eigenvalue weighted by molar-refractivity contribution is 0.0857. The molecule has 2 aromatic rings. The van der Waals surface area contributed by atoms with Gasteiger partial charge in [0.1, 0.15) is 11.3 Å². The number of H-pyrrole nitrogens is 1. The average Bonchev–Trinajstić information content (AvgIpc) is 3.06. The molecule has 1 aromatic carbocycles. The fourth-order valence-electron chi connectivity index (χ4n) is 2.60. The first kappa shape index (κ1) is 14.6. The molecular formula is C16H18N2O4. The van der Waals surface area contributed by atoms with Crippen molar-refractivity contribution in [3.63, 3.8) is 0 Å². The van der Waals surface area contributed by atoms with Crippen molar-refractivity contribution in [2.75, 3.05) is 20.3 Å². The summed E-state index contributed by atoms with van der Waals surface area (Å²) in [4.78, 5) is 27.6. The molecule has 0 aliphatic carbocycles. The summed E-state index contributed by atoms with van der Waals surface area (Å²) in [5, 5.41) is 3.22. The maximum Gasteiger partial charge on any atom is 0.256 e. The first-order valence-electron chi connectivity index (χ1n) is 7.28. The second-order valence-corrected chi connectivity index (χ2v) is 5.29. The Balaban J connectivity index is 1.82. The van der Waals surface area contributed by atoms with Crippen molar-refractivity contribution in [3.8, 4) is 5.75 Å². The van der Waals surface area contributed by atoms with Crippen molar-refractivity contribution in [1.29, 1.82) is 0 Å². The van der Waals surface area contributed by atoms with Gasteiger partial charge in [-0.25, -0.2) is 0 Å². The number of benzene rings is 1. The minimum atomic E-state index is -0.380. The summed E-state index contributed by atoms with van der Waals surface area (Å²) in [5.74, 6) is 0.271. The van der Waals surface area contributed by atoms with E-state index in [1.165, 1.54) is 6.20 Å². The molecule has 3 rings (SSSR count). The van der Waals surface area contributed by atoms with E-state index in [1.54, 1.807) is 25.3 Å². The number of carbonyl (C=O) groups excluding carboxylic acids is 1. The van der Waals surface area contributed by atoms with Crippen LogP contribution in [0.2, 0.25) is 0 Å². The van der Waals surface area contributed by atoms with E-state index in [-0.39, 0.29) is 23.0 Å². The quantitative estimate of drug-likeness (QED) is 0.895. The van der Waals surface area contributed by atoms with Gasteiger partial charge in [-0.05, 0) is 25.0 Å². The minimum absolute atomic E-state index is 0.0488. The van der Waals surface area contributed by atoms with Gasteiger partial charge in [0, 0.05) is 30.8 Å². The fraction of sp³-hybridized carbons (Fsp3) is 0.375. The Morgan fingerprint density at radius 1 is 1.50 bits per heavy atom. The van der Waals surface area contributed by atoms with E-state index >= 15 is 0 Å². The van der Waals surface area contributed by atoms with Crippen LogP contribution in [0.3, 0.4) is 0 Å². The third kappa shape index (κ3) is 2.82. The zero-order chi connectivity index (χ0) is 15.5. The topological polar surface area (TPSA) is 80.4 Å². The molecule has 2 N–H and O–H groups in total. The number of nitrogens with one attached hydrogen (secondary N) is 2. The maximum absolute atomic E-state index is 12.4. The Bertz CT molecular complexity index is 747. The molecule has 1 aliphatic rings. The highest BCUT2D eigenvalue weighted by atomic mass is 16.5. The molecule has 0 radical (unpaired) electrons. The highest BCUT2D eigenvalue weighted by Crippen LogP contribution is 2.16. The van der Waals surface area contributed by atoms with Gasteiger partial charge in [0.05, 0.1) is 18.7 Å². The molecular weight excluding hydrogens is 284 g/mol. The zero-order valence-corrected chi connectivity index (χ0v) is 12.3. The molecule has 1 fully saturated rings. The van der Waals surface area contributed by atoms with Crippen LogP contribution in [0.1, 0.15) is 23.2 Å². The smallest absolute Gasteiger partial charge is 0.256 e. The monoisotopic (exact) mass is 302 g/mol. The molecule has 6 nitrogen and oxygen atoms in total. The van der Waals surface area contributed by atoms with Crippen LogP contribution in [0.25, 0.3) is 10.9 Å². The molecule has 1 saturated heterocycles. The summed E-state index contributed by atoms with van der Waals surface area (Å²) >= 11 is 0. The standard InChI is InChI=1S/C16H18N2O4/c1-21-10-4-5-12-14(7-10)17-9-13(15(12)19)16(20)18-8-11-3-2-6-22-11/h4-5,7,9,11H,2-3,6,8H2,1H3,(H,17,19)(H,18,20)/t11-/m1/s1. The van der Waals surface area contributed by atoms with Crippen LogP contribution in [0, 0.1) is 0 Å². The largest absolute Gasteiger partial charge is 0.497 e. The van der Waals surface area contributed by atoms with Crippen LogP contribution < -0.4 is 15.5 Å². The second kappa shape index (κ2) is 6.19. The first-order chi connectivity index (χ1) is 10.7. The number of aromatic amines is 1. The third-order valence-electron chi connectivity index (χ3n) is 3.85. The summed E-state index contributed by atoms with van der Waals surface area (Å²) in [5.41, 5.74) is 0.455. The van der Waals surface area contributed by atoms with E-state index in [9.17, 15) is 9.59 Å². The number of methoxy groups -OCH3 is 1.